The lowest BCUT2D eigenvalue weighted by atomic mass is 10.2. The van der Waals surface area contributed by atoms with Crippen LogP contribution in [0.3, 0.4) is 0 Å². The summed E-state index contributed by atoms with van der Waals surface area (Å²) in [4.78, 5) is 16.4. The lowest BCUT2D eigenvalue weighted by molar-refractivity contribution is -0.386. The minimum Gasteiger partial charge on any atom is -0.493 e. The number of nitro groups is 1. The number of aryl methyl sites for hydroxylation is 2. The molecule has 0 atom stereocenters. The van der Waals surface area contributed by atoms with Gasteiger partial charge in [0.25, 0.3) is 0 Å². The summed E-state index contributed by atoms with van der Waals surface area (Å²) in [5.74, 6) is 0.456. The quantitative estimate of drug-likeness (QED) is 0.272. The average Bonchev–Trinajstić information content (AvgIpc) is 2.96. The molecule has 27 heavy (non-hydrogen) atoms. The first-order valence-electron chi connectivity index (χ1n) is 8.68. The van der Waals surface area contributed by atoms with Crippen LogP contribution in [0, 0.1) is 24.0 Å². The molecule has 0 spiro atoms. The van der Waals surface area contributed by atoms with E-state index in [0.29, 0.717) is 23.1 Å². The zero-order chi connectivity index (χ0) is 19.8. The number of methoxy groups -OCH3 is 1. The minimum absolute atomic E-state index is 0.145. The van der Waals surface area contributed by atoms with Crippen LogP contribution < -0.4 is 14.9 Å². The van der Waals surface area contributed by atoms with Crippen LogP contribution >= 0.6 is 11.3 Å². The highest BCUT2D eigenvalue weighted by Gasteiger charge is 2.22. The third-order valence-electron chi connectivity index (χ3n) is 3.87. The molecule has 0 amide bonds. The number of nitrogens with one attached hydrogen (secondary N) is 1. The summed E-state index contributed by atoms with van der Waals surface area (Å²) in [6, 6.07) is 3.08. The number of hydrogen-bond acceptors (Lipinski definition) is 8. The summed E-state index contributed by atoms with van der Waals surface area (Å²) in [6.45, 7) is 6.39. The maximum absolute atomic E-state index is 11.5. The van der Waals surface area contributed by atoms with E-state index in [1.807, 2.05) is 13.8 Å². The number of anilines is 1. The summed E-state index contributed by atoms with van der Waals surface area (Å²) < 4.78 is 10.9. The van der Waals surface area contributed by atoms with E-state index >= 15 is 0 Å². The number of hydrazone groups is 1. The van der Waals surface area contributed by atoms with E-state index in [1.165, 1.54) is 30.7 Å². The highest BCUT2D eigenvalue weighted by Crippen LogP contribution is 2.38. The molecule has 0 fully saturated rings. The molecule has 1 aromatic carbocycles. The van der Waals surface area contributed by atoms with Gasteiger partial charge >= 0.3 is 5.69 Å². The SMILES string of the molecule is CCCCCOc1c(OC)cc(/C=N\Nc2nc(C)c(C)s2)cc1[N+](=O)[O-]. The molecule has 0 saturated carbocycles. The van der Waals surface area contributed by atoms with Crippen molar-refractivity contribution >= 4 is 28.4 Å². The van der Waals surface area contributed by atoms with Crippen LogP contribution in [0.1, 0.15) is 42.3 Å². The Morgan fingerprint density at radius 1 is 1.37 bits per heavy atom. The molecule has 0 aliphatic rings. The maximum atomic E-state index is 11.5. The maximum Gasteiger partial charge on any atom is 0.315 e. The van der Waals surface area contributed by atoms with Gasteiger partial charge in [-0.3, -0.25) is 15.5 Å². The number of benzene rings is 1. The van der Waals surface area contributed by atoms with E-state index in [-0.39, 0.29) is 11.4 Å². The van der Waals surface area contributed by atoms with E-state index in [0.717, 1.165) is 29.8 Å². The second-order valence-corrected chi connectivity index (χ2v) is 7.12. The summed E-state index contributed by atoms with van der Waals surface area (Å²) in [6.07, 6.45) is 4.37. The minimum atomic E-state index is -0.476. The number of unbranched alkanes of at least 4 members (excludes halogenated alkanes) is 2. The third kappa shape index (κ3) is 5.65. The van der Waals surface area contributed by atoms with Crippen molar-refractivity contribution in [3.63, 3.8) is 0 Å². The van der Waals surface area contributed by atoms with E-state index in [1.54, 1.807) is 6.07 Å². The molecule has 2 rings (SSSR count). The number of aromatic nitrogens is 1. The summed E-state index contributed by atoms with van der Waals surface area (Å²) in [5, 5.41) is 16.2. The predicted molar refractivity (Wildman–Crippen MR) is 107 cm³/mol. The molecular formula is C18H24N4O4S. The largest absolute Gasteiger partial charge is 0.493 e. The Bertz CT molecular complexity index is 800. The summed E-state index contributed by atoms with van der Waals surface area (Å²) in [5.41, 5.74) is 4.16. The van der Waals surface area contributed by atoms with E-state index in [4.69, 9.17) is 9.47 Å². The Morgan fingerprint density at radius 3 is 2.74 bits per heavy atom. The summed E-state index contributed by atoms with van der Waals surface area (Å²) >= 11 is 1.49. The fraction of sp³-hybridized carbons (Fsp3) is 0.444. The van der Waals surface area contributed by atoms with Gasteiger partial charge in [-0.25, -0.2) is 4.98 Å². The molecule has 0 bridgehead atoms. The second kappa shape index (κ2) is 9.86. The topological polar surface area (TPSA) is 98.9 Å². The van der Waals surface area contributed by atoms with Gasteiger partial charge in [0.15, 0.2) is 5.75 Å². The van der Waals surface area contributed by atoms with E-state index in [2.05, 4.69) is 22.4 Å². The van der Waals surface area contributed by atoms with Crippen molar-refractivity contribution in [2.75, 3.05) is 19.1 Å². The van der Waals surface area contributed by atoms with Crippen LogP contribution in [0.4, 0.5) is 10.8 Å². The van der Waals surface area contributed by atoms with E-state index in [9.17, 15) is 10.1 Å². The zero-order valence-corrected chi connectivity index (χ0v) is 16.8. The van der Waals surface area contributed by atoms with Gasteiger partial charge < -0.3 is 9.47 Å². The molecule has 1 N–H and O–H groups in total. The van der Waals surface area contributed by atoms with Gasteiger partial charge in [0.05, 0.1) is 30.5 Å². The Kier molecular flexibility index (Phi) is 7.54. The normalized spacial score (nSPS) is 11.0. The molecule has 0 radical (unpaired) electrons. The Balaban J connectivity index is 2.20. The van der Waals surface area contributed by atoms with Crippen LogP contribution in [-0.2, 0) is 0 Å². The molecule has 1 heterocycles. The highest BCUT2D eigenvalue weighted by atomic mass is 32.1. The van der Waals surface area contributed by atoms with Gasteiger partial charge in [-0.15, -0.1) is 11.3 Å². The first kappa shape index (κ1) is 20.6. The first-order chi connectivity index (χ1) is 13.0. The zero-order valence-electron chi connectivity index (χ0n) is 15.9. The van der Waals surface area contributed by atoms with Crippen molar-refractivity contribution in [3.05, 3.63) is 38.4 Å². The van der Waals surface area contributed by atoms with Crippen LogP contribution in [-0.4, -0.2) is 29.8 Å². The predicted octanol–water partition coefficient (Wildman–Crippen LogP) is 4.69. The van der Waals surface area contributed by atoms with Crippen molar-refractivity contribution in [2.45, 2.75) is 40.0 Å². The van der Waals surface area contributed by atoms with Crippen LogP contribution in [0.2, 0.25) is 0 Å². The van der Waals surface area contributed by atoms with Crippen LogP contribution in [0.5, 0.6) is 11.5 Å². The smallest absolute Gasteiger partial charge is 0.315 e. The van der Waals surface area contributed by atoms with Crippen LogP contribution in [0.15, 0.2) is 17.2 Å². The van der Waals surface area contributed by atoms with Gasteiger partial charge in [0.2, 0.25) is 10.9 Å². The number of ether oxygens (including phenoxy) is 2. The van der Waals surface area contributed by atoms with Crippen molar-refractivity contribution in [1.82, 2.24) is 4.98 Å². The number of rotatable bonds is 10. The molecule has 0 aliphatic heterocycles. The van der Waals surface area contributed by atoms with Crippen molar-refractivity contribution < 1.29 is 14.4 Å². The van der Waals surface area contributed by atoms with Gasteiger partial charge in [-0.2, -0.15) is 5.10 Å². The van der Waals surface area contributed by atoms with Gasteiger partial charge in [0, 0.05) is 16.5 Å². The number of nitrogens with zero attached hydrogens (tertiary/aromatic N) is 3. The molecule has 1 aromatic heterocycles. The first-order valence-corrected chi connectivity index (χ1v) is 9.50. The molecule has 146 valence electrons. The molecule has 0 aliphatic carbocycles. The third-order valence-corrected chi connectivity index (χ3v) is 4.85. The van der Waals surface area contributed by atoms with Gasteiger partial charge in [0.1, 0.15) is 0 Å². The van der Waals surface area contributed by atoms with Crippen molar-refractivity contribution in [1.29, 1.82) is 0 Å². The molecular weight excluding hydrogens is 368 g/mol. The number of nitro benzene ring substituents is 1. The average molecular weight is 392 g/mol. The second-order valence-electron chi connectivity index (χ2n) is 5.91. The molecule has 8 nitrogen and oxygen atoms in total. The fourth-order valence-corrected chi connectivity index (χ4v) is 3.09. The number of hydrogen-bond donors (Lipinski definition) is 1. The lowest BCUT2D eigenvalue weighted by Gasteiger charge is -2.11. The van der Waals surface area contributed by atoms with E-state index < -0.39 is 4.92 Å². The molecule has 0 unspecified atom stereocenters. The fourth-order valence-electron chi connectivity index (χ4n) is 2.32. The Morgan fingerprint density at radius 2 is 2.15 bits per heavy atom. The molecule has 9 heteroatoms. The Hall–Kier alpha value is -2.68. The van der Waals surface area contributed by atoms with Crippen molar-refractivity contribution in [2.24, 2.45) is 5.10 Å². The van der Waals surface area contributed by atoms with Crippen molar-refractivity contribution in [3.8, 4) is 11.5 Å². The van der Waals surface area contributed by atoms with Gasteiger partial charge in [-0.1, -0.05) is 19.8 Å². The lowest BCUT2D eigenvalue weighted by Crippen LogP contribution is -2.04. The monoisotopic (exact) mass is 392 g/mol. The molecule has 0 saturated heterocycles. The number of thiazole rings is 1. The Labute approximate surface area is 162 Å². The summed E-state index contributed by atoms with van der Waals surface area (Å²) in [7, 11) is 1.46. The molecule has 2 aromatic rings. The van der Waals surface area contributed by atoms with Gasteiger partial charge in [-0.05, 0) is 26.3 Å². The standard InChI is InChI=1S/C18H24N4O4S/c1-5-6-7-8-26-17-15(22(23)24)9-14(10-16(17)25-4)11-19-21-18-20-12(2)13(3)27-18/h9-11H,5-8H2,1-4H3,(H,20,21)/b19-11-. The van der Waals surface area contributed by atoms with Crippen LogP contribution in [0.25, 0.3) is 0 Å². The highest BCUT2D eigenvalue weighted by molar-refractivity contribution is 7.15.